The quantitative estimate of drug-likeness (QED) is 0.849. The zero-order chi connectivity index (χ0) is 14.0. The summed E-state index contributed by atoms with van der Waals surface area (Å²) in [5, 5.41) is 4.33. The fraction of sp³-hybridized carbons (Fsp3) is 0.429. The number of nitrogen functional groups attached to an aromatic ring is 1. The molecule has 0 aliphatic carbocycles. The van der Waals surface area contributed by atoms with Gasteiger partial charge in [-0.25, -0.2) is 4.98 Å². The maximum atomic E-state index is 6.20. The van der Waals surface area contributed by atoms with Gasteiger partial charge in [-0.2, -0.15) is 5.10 Å². The number of aryl methyl sites for hydroxylation is 3. The van der Waals surface area contributed by atoms with Crippen molar-refractivity contribution in [3.63, 3.8) is 0 Å². The van der Waals surface area contributed by atoms with Crippen molar-refractivity contribution < 1.29 is 0 Å². The molecule has 5 heteroatoms. The standard InChI is InChI=1S/C14H19N5/c1-5-7-12-16-13(14(15)19(12)8-6-2)11-9-18(4)17-10(11)3/h2,9H,5,7-8,15H2,1,3-4H3. The Morgan fingerprint density at radius 3 is 2.74 bits per heavy atom. The Bertz CT molecular complexity index is 627. The molecule has 0 aromatic carbocycles. The Kier molecular flexibility index (Phi) is 3.61. The lowest BCUT2D eigenvalue weighted by molar-refractivity contribution is 0.733. The predicted octanol–water partition coefficient (Wildman–Crippen LogP) is 1.76. The zero-order valence-corrected chi connectivity index (χ0v) is 11.6. The van der Waals surface area contributed by atoms with Crippen molar-refractivity contribution in [3.05, 3.63) is 17.7 Å². The molecule has 100 valence electrons. The highest BCUT2D eigenvalue weighted by Gasteiger charge is 2.18. The maximum absolute atomic E-state index is 6.20. The lowest BCUT2D eigenvalue weighted by Gasteiger charge is -2.04. The van der Waals surface area contributed by atoms with Crippen LogP contribution in [-0.2, 0) is 20.0 Å². The van der Waals surface area contributed by atoms with E-state index in [-0.39, 0.29) is 0 Å². The molecule has 19 heavy (non-hydrogen) atoms. The molecule has 2 rings (SSSR count). The minimum absolute atomic E-state index is 0.452. The van der Waals surface area contributed by atoms with Crippen molar-refractivity contribution in [2.75, 3.05) is 5.73 Å². The molecule has 0 aliphatic rings. The molecule has 2 heterocycles. The smallest absolute Gasteiger partial charge is 0.132 e. The summed E-state index contributed by atoms with van der Waals surface area (Å²) in [6.45, 7) is 4.52. The van der Waals surface area contributed by atoms with Crippen LogP contribution in [0.25, 0.3) is 11.3 Å². The lowest BCUT2D eigenvalue weighted by Crippen LogP contribution is -2.06. The first-order valence-corrected chi connectivity index (χ1v) is 6.37. The minimum Gasteiger partial charge on any atom is -0.383 e. The summed E-state index contributed by atoms with van der Waals surface area (Å²) in [4.78, 5) is 4.65. The van der Waals surface area contributed by atoms with Gasteiger partial charge in [-0.3, -0.25) is 4.68 Å². The second-order valence-corrected chi connectivity index (χ2v) is 4.60. The number of imidazole rings is 1. The second-order valence-electron chi connectivity index (χ2n) is 4.60. The molecule has 0 saturated carbocycles. The Balaban J connectivity index is 2.56. The lowest BCUT2D eigenvalue weighted by atomic mass is 10.2. The van der Waals surface area contributed by atoms with Crippen LogP contribution < -0.4 is 5.73 Å². The summed E-state index contributed by atoms with van der Waals surface area (Å²) in [6, 6.07) is 0. The largest absolute Gasteiger partial charge is 0.383 e. The molecular weight excluding hydrogens is 238 g/mol. The van der Waals surface area contributed by atoms with Crippen molar-refractivity contribution in [1.82, 2.24) is 19.3 Å². The highest BCUT2D eigenvalue weighted by atomic mass is 15.3. The van der Waals surface area contributed by atoms with Crippen molar-refractivity contribution in [2.45, 2.75) is 33.2 Å². The summed E-state index contributed by atoms with van der Waals surface area (Å²) >= 11 is 0. The summed E-state index contributed by atoms with van der Waals surface area (Å²) < 4.78 is 3.68. The van der Waals surface area contributed by atoms with Crippen LogP contribution in [0.4, 0.5) is 5.82 Å². The van der Waals surface area contributed by atoms with E-state index in [1.807, 2.05) is 24.7 Å². The number of hydrogen-bond donors (Lipinski definition) is 1. The average Bonchev–Trinajstić information content (AvgIpc) is 2.83. The molecule has 5 nitrogen and oxygen atoms in total. The van der Waals surface area contributed by atoms with E-state index in [4.69, 9.17) is 12.2 Å². The topological polar surface area (TPSA) is 61.7 Å². The van der Waals surface area contributed by atoms with Crippen molar-refractivity contribution in [2.24, 2.45) is 7.05 Å². The monoisotopic (exact) mass is 257 g/mol. The first kappa shape index (κ1) is 13.2. The van der Waals surface area contributed by atoms with Gasteiger partial charge in [0.05, 0.1) is 12.2 Å². The van der Waals surface area contributed by atoms with Gasteiger partial charge in [0, 0.05) is 25.2 Å². The summed E-state index contributed by atoms with van der Waals surface area (Å²) in [5.74, 6) is 4.19. The molecule has 0 spiro atoms. The van der Waals surface area contributed by atoms with Crippen LogP contribution in [0.15, 0.2) is 6.20 Å². The van der Waals surface area contributed by atoms with Crippen molar-refractivity contribution in [3.8, 4) is 23.6 Å². The molecule has 0 amide bonds. The number of nitrogens with zero attached hydrogens (tertiary/aromatic N) is 4. The van der Waals surface area contributed by atoms with Gasteiger partial charge in [-0.05, 0) is 13.3 Å². The molecule has 0 saturated heterocycles. The van der Waals surface area contributed by atoms with Crippen molar-refractivity contribution in [1.29, 1.82) is 0 Å². The van der Waals surface area contributed by atoms with Crippen LogP contribution in [0.1, 0.15) is 24.9 Å². The average molecular weight is 257 g/mol. The van der Waals surface area contributed by atoms with E-state index >= 15 is 0 Å². The van der Waals surface area contributed by atoms with Crippen LogP contribution >= 0.6 is 0 Å². The summed E-state index contributed by atoms with van der Waals surface area (Å²) in [5.41, 5.74) is 8.87. The van der Waals surface area contributed by atoms with Crippen LogP contribution in [0.2, 0.25) is 0 Å². The molecule has 2 aromatic rings. The van der Waals surface area contributed by atoms with E-state index in [1.165, 1.54) is 0 Å². The molecule has 0 aliphatic heterocycles. The van der Waals surface area contributed by atoms with Gasteiger partial charge < -0.3 is 10.3 Å². The van der Waals surface area contributed by atoms with Crippen LogP contribution in [0.5, 0.6) is 0 Å². The van der Waals surface area contributed by atoms with E-state index < -0.39 is 0 Å². The maximum Gasteiger partial charge on any atom is 0.132 e. The summed E-state index contributed by atoms with van der Waals surface area (Å²) in [7, 11) is 1.89. The van der Waals surface area contributed by atoms with Gasteiger partial charge in [-0.1, -0.05) is 12.8 Å². The zero-order valence-electron chi connectivity index (χ0n) is 11.6. The molecular formula is C14H19N5. The number of hydrogen-bond acceptors (Lipinski definition) is 3. The van der Waals surface area contributed by atoms with Crippen LogP contribution in [0, 0.1) is 19.3 Å². The number of nitrogens with two attached hydrogens (primary N) is 1. The molecule has 2 N–H and O–H groups in total. The molecule has 0 bridgehead atoms. The molecule has 2 aromatic heterocycles. The van der Waals surface area contributed by atoms with Gasteiger partial charge in [0.25, 0.3) is 0 Å². The Hall–Kier alpha value is -2.22. The number of rotatable bonds is 4. The third-order valence-electron chi connectivity index (χ3n) is 3.08. The highest BCUT2D eigenvalue weighted by molar-refractivity contribution is 5.72. The Labute approximate surface area is 113 Å². The second kappa shape index (κ2) is 5.19. The third kappa shape index (κ3) is 2.34. The predicted molar refractivity (Wildman–Crippen MR) is 76.4 cm³/mol. The normalized spacial score (nSPS) is 10.6. The van der Waals surface area contributed by atoms with Gasteiger partial charge >= 0.3 is 0 Å². The minimum atomic E-state index is 0.452. The van der Waals surface area contributed by atoms with Crippen LogP contribution in [-0.4, -0.2) is 19.3 Å². The van der Waals surface area contributed by atoms with Gasteiger partial charge in [-0.15, -0.1) is 6.42 Å². The first-order valence-electron chi connectivity index (χ1n) is 6.37. The molecule has 0 unspecified atom stereocenters. The Morgan fingerprint density at radius 2 is 2.21 bits per heavy atom. The van der Waals surface area contributed by atoms with E-state index in [0.717, 1.165) is 35.6 Å². The van der Waals surface area contributed by atoms with Crippen LogP contribution in [0.3, 0.4) is 0 Å². The van der Waals surface area contributed by atoms with E-state index in [2.05, 4.69) is 22.9 Å². The molecule has 0 atom stereocenters. The van der Waals surface area contributed by atoms with Crippen molar-refractivity contribution >= 4 is 5.82 Å². The van der Waals surface area contributed by atoms with Gasteiger partial charge in [0.15, 0.2) is 0 Å². The van der Waals surface area contributed by atoms with E-state index in [9.17, 15) is 0 Å². The first-order chi connectivity index (χ1) is 9.08. The van der Waals surface area contributed by atoms with Gasteiger partial charge in [0.1, 0.15) is 17.3 Å². The number of terminal acetylenes is 1. The Morgan fingerprint density at radius 1 is 1.47 bits per heavy atom. The molecule has 0 radical (unpaired) electrons. The summed E-state index contributed by atoms with van der Waals surface area (Å²) in [6.07, 6.45) is 9.21. The molecule has 0 fully saturated rings. The third-order valence-corrected chi connectivity index (χ3v) is 3.08. The number of aromatic nitrogens is 4. The van der Waals surface area contributed by atoms with E-state index in [0.29, 0.717) is 12.4 Å². The SMILES string of the molecule is C#CCn1c(CCC)nc(-c2cn(C)nc2C)c1N. The van der Waals surface area contributed by atoms with E-state index in [1.54, 1.807) is 4.68 Å². The number of anilines is 1. The fourth-order valence-corrected chi connectivity index (χ4v) is 2.23. The highest BCUT2D eigenvalue weighted by Crippen LogP contribution is 2.28. The fourth-order valence-electron chi connectivity index (χ4n) is 2.23. The van der Waals surface area contributed by atoms with Gasteiger partial charge in [0.2, 0.25) is 0 Å².